The molecule has 0 saturated carbocycles. The first-order valence-corrected chi connectivity index (χ1v) is 11.9. The summed E-state index contributed by atoms with van der Waals surface area (Å²) in [5.41, 5.74) is 3.55. The number of aliphatic imine (C=N–C) groups is 1. The quantitative estimate of drug-likeness (QED) is 0.538. The molecule has 1 fully saturated rings. The number of nitrogens with zero attached hydrogens (tertiary/aromatic N) is 2. The molecule has 0 aliphatic carbocycles. The average Bonchev–Trinajstić information content (AvgIpc) is 3.22. The minimum absolute atomic E-state index is 0.330. The van der Waals surface area contributed by atoms with Crippen LogP contribution < -0.4 is 10.6 Å². The molecule has 3 rings (SSSR count). The minimum atomic E-state index is -3.16. The van der Waals surface area contributed by atoms with Crippen LogP contribution in [-0.2, 0) is 29.5 Å². The normalized spacial score (nSPS) is 15.4. The Balaban J connectivity index is 1.46. The molecule has 0 unspecified atom stereocenters. The van der Waals surface area contributed by atoms with Crippen LogP contribution in [0.2, 0.25) is 0 Å². The van der Waals surface area contributed by atoms with Gasteiger partial charge in [-0.1, -0.05) is 36.4 Å². The second kappa shape index (κ2) is 9.89. The van der Waals surface area contributed by atoms with E-state index in [0.717, 1.165) is 12.1 Å². The summed E-state index contributed by atoms with van der Waals surface area (Å²) < 4.78 is 23.1. The second-order valence-electron chi connectivity index (χ2n) is 7.50. The van der Waals surface area contributed by atoms with Crippen LogP contribution in [0.25, 0.3) is 0 Å². The summed E-state index contributed by atoms with van der Waals surface area (Å²) in [5, 5.41) is 6.57. The van der Waals surface area contributed by atoms with Gasteiger partial charge < -0.3 is 10.6 Å². The Labute approximate surface area is 174 Å². The Bertz CT molecular complexity index is 916. The van der Waals surface area contributed by atoms with Crippen molar-refractivity contribution in [2.45, 2.75) is 37.4 Å². The molecule has 0 bridgehead atoms. The van der Waals surface area contributed by atoms with Crippen molar-refractivity contribution in [1.82, 2.24) is 15.5 Å². The molecule has 0 atom stereocenters. The summed E-state index contributed by atoms with van der Waals surface area (Å²) in [6.45, 7) is 4.72. The van der Waals surface area contributed by atoms with Crippen LogP contribution in [0.4, 0.5) is 0 Å². The van der Waals surface area contributed by atoms with Crippen molar-refractivity contribution in [2.24, 2.45) is 4.99 Å². The highest BCUT2D eigenvalue weighted by atomic mass is 32.2. The lowest BCUT2D eigenvalue weighted by Gasteiger charge is -2.15. The fourth-order valence-corrected chi connectivity index (χ4v) is 4.04. The van der Waals surface area contributed by atoms with Crippen LogP contribution in [0, 0.1) is 0 Å². The van der Waals surface area contributed by atoms with E-state index in [9.17, 15) is 8.42 Å². The number of nitrogens with one attached hydrogen (secondary N) is 2. The van der Waals surface area contributed by atoms with E-state index in [1.54, 1.807) is 19.2 Å². The van der Waals surface area contributed by atoms with Gasteiger partial charge in [-0.25, -0.2) is 8.42 Å². The molecule has 6 nitrogen and oxygen atoms in total. The first kappa shape index (κ1) is 21.3. The van der Waals surface area contributed by atoms with Gasteiger partial charge in [-0.2, -0.15) is 0 Å². The van der Waals surface area contributed by atoms with Gasteiger partial charge in [0, 0.05) is 32.9 Å². The summed E-state index contributed by atoms with van der Waals surface area (Å²) >= 11 is 0. The van der Waals surface area contributed by atoms with Gasteiger partial charge >= 0.3 is 0 Å². The molecule has 0 radical (unpaired) electrons. The SMILES string of the molecule is CN=C(NCc1ccc(CN2CCCC2)cc1)NCc1ccc(S(C)(=O)=O)cc1. The van der Waals surface area contributed by atoms with Crippen LogP contribution in [0.5, 0.6) is 0 Å². The Morgan fingerprint density at radius 3 is 1.86 bits per heavy atom. The van der Waals surface area contributed by atoms with Crippen molar-refractivity contribution < 1.29 is 8.42 Å². The molecule has 2 aromatic carbocycles. The first-order valence-electron chi connectivity index (χ1n) is 9.98. The zero-order valence-electron chi connectivity index (χ0n) is 17.2. The third-order valence-corrected chi connectivity index (χ3v) is 6.25. The first-order chi connectivity index (χ1) is 13.9. The predicted molar refractivity (Wildman–Crippen MR) is 118 cm³/mol. The Kier molecular flexibility index (Phi) is 7.28. The molecule has 1 saturated heterocycles. The summed E-state index contributed by atoms with van der Waals surface area (Å²) in [5.74, 6) is 0.707. The van der Waals surface area contributed by atoms with Crippen molar-refractivity contribution in [3.05, 3.63) is 65.2 Å². The minimum Gasteiger partial charge on any atom is -0.352 e. The predicted octanol–water partition coefficient (Wildman–Crippen LogP) is 2.55. The maximum Gasteiger partial charge on any atom is 0.191 e. The standard InChI is InChI=1S/C22H30N4O2S/c1-23-22(25-16-19-9-11-21(12-10-19)29(2,27)28)24-15-18-5-7-20(8-6-18)17-26-13-3-4-14-26/h5-12H,3-4,13-17H2,1-2H3,(H2,23,24,25). The number of benzene rings is 2. The molecule has 0 amide bonds. The van der Waals surface area contributed by atoms with Gasteiger partial charge in [0.2, 0.25) is 0 Å². The van der Waals surface area contributed by atoms with Crippen LogP contribution in [0.3, 0.4) is 0 Å². The van der Waals surface area contributed by atoms with Crippen molar-refractivity contribution in [3.63, 3.8) is 0 Å². The van der Waals surface area contributed by atoms with E-state index in [-0.39, 0.29) is 0 Å². The van der Waals surface area contributed by atoms with E-state index >= 15 is 0 Å². The zero-order chi connectivity index (χ0) is 20.7. The molecule has 0 spiro atoms. The number of hydrogen-bond acceptors (Lipinski definition) is 4. The molecular formula is C22H30N4O2S. The molecule has 1 heterocycles. The van der Waals surface area contributed by atoms with E-state index in [1.807, 2.05) is 12.1 Å². The van der Waals surface area contributed by atoms with Gasteiger partial charge in [0.1, 0.15) is 0 Å². The van der Waals surface area contributed by atoms with Gasteiger partial charge in [-0.3, -0.25) is 9.89 Å². The van der Waals surface area contributed by atoms with Gasteiger partial charge in [0.15, 0.2) is 15.8 Å². The second-order valence-corrected chi connectivity index (χ2v) is 9.51. The summed E-state index contributed by atoms with van der Waals surface area (Å²) in [7, 11) is -1.43. The highest BCUT2D eigenvalue weighted by Gasteiger charge is 2.11. The van der Waals surface area contributed by atoms with E-state index in [1.165, 1.54) is 43.3 Å². The van der Waals surface area contributed by atoms with E-state index in [0.29, 0.717) is 23.9 Å². The molecule has 156 valence electrons. The Hall–Kier alpha value is -2.38. The molecule has 2 aromatic rings. The Morgan fingerprint density at radius 1 is 0.897 bits per heavy atom. The number of guanidine groups is 1. The summed E-state index contributed by atoms with van der Waals surface area (Å²) in [6.07, 6.45) is 3.84. The van der Waals surface area contributed by atoms with Crippen molar-refractivity contribution in [2.75, 3.05) is 26.4 Å². The molecule has 7 heteroatoms. The van der Waals surface area contributed by atoms with Crippen molar-refractivity contribution >= 4 is 15.8 Å². The molecular weight excluding hydrogens is 384 g/mol. The summed E-state index contributed by atoms with van der Waals surface area (Å²) in [6, 6.07) is 15.6. The maximum absolute atomic E-state index is 11.5. The summed E-state index contributed by atoms with van der Waals surface area (Å²) in [4.78, 5) is 7.08. The average molecular weight is 415 g/mol. The smallest absolute Gasteiger partial charge is 0.191 e. The third kappa shape index (κ3) is 6.58. The number of sulfone groups is 1. The Morgan fingerprint density at radius 2 is 1.38 bits per heavy atom. The lowest BCUT2D eigenvalue weighted by molar-refractivity contribution is 0.331. The third-order valence-electron chi connectivity index (χ3n) is 5.12. The number of hydrogen-bond donors (Lipinski definition) is 2. The van der Waals surface area contributed by atoms with E-state index in [4.69, 9.17) is 0 Å². The van der Waals surface area contributed by atoms with Gasteiger partial charge in [-0.05, 0) is 54.8 Å². The highest BCUT2D eigenvalue weighted by molar-refractivity contribution is 7.90. The van der Waals surface area contributed by atoms with Gasteiger partial charge in [0.25, 0.3) is 0 Å². The maximum atomic E-state index is 11.5. The largest absolute Gasteiger partial charge is 0.352 e. The zero-order valence-corrected chi connectivity index (χ0v) is 18.0. The van der Waals surface area contributed by atoms with Gasteiger partial charge in [0.05, 0.1) is 4.90 Å². The van der Waals surface area contributed by atoms with Crippen LogP contribution in [0.1, 0.15) is 29.5 Å². The lowest BCUT2D eigenvalue weighted by atomic mass is 10.1. The molecule has 29 heavy (non-hydrogen) atoms. The molecule has 1 aliphatic rings. The number of likely N-dealkylation sites (tertiary alicyclic amines) is 1. The number of rotatable bonds is 7. The van der Waals surface area contributed by atoms with Gasteiger partial charge in [-0.15, -0.1) is 0 Å². The molecule has 1 aliphatic heterocycles. The topological polar surface area (TPSA) is 73.8 Å². The lowest BCUT2D eigenvalue weighted by Crippen LogP contribution is -2.36. The highest BCUT2D eigenvalue weighted by Crippen LogP contribution is 2.13. The van der Waals surface area contributed by atoms with Crippen LogP contribution in [0.15, 0.2) is 58.4 Å². The molecule has 0 aromatic heterocycles. The van der Waals surface area contributed by atoms with E-state index in [2.05, 4.69) is 44.8 Å². The fraction of sp³-hybridized carbons (Fsp3) is 0.409. The van der Waals surface area contributed by atoms with E-state index < -0.39 is 9.84 Å². The van der Waals surface area contributed by atoms with Crippen molar-refractivity contribution in [1.29, 1.82) is 0 Å². The van der Waals surface area contributed by atoms with Crippen molar-refractivity contribution in [3.8, 4) is 0 Å². The molecule has 2 N–H and O–H groups in total. The monoisotopic (exact) mass is 414 g/mol. The van der Waals surface area contributed by atoms with Crippen LogP contribution >= 0.6 is 0 Å². The fourth-order valence-electron chi connectivity index (χ4n) is 3.41. The van der Waals surface area contributed by atoms with Crippen LogP contribution in [-0.4, -0.2) is 45.7 Å².